The van der Waals surface area contributed by atoms with E-state index >= 15 is 0 Å². The minimum atomic E-state index is -3.44. The highest BCUT2D eigenvalue weighted by atomic mass is 32.2. The van der Waals surface area contributed by atoms with E-state index in [-0.39, 0.29) is 6.54 Å². The number of carbonyl (C=O) groups is 1. The molecule has 0 atom stereocenters. The maximum atomic E-state index is 12.2. The summed E-state index contributed by atoms with van der Waals surface area (Å²) in [6.45, 7) is 3.61. The molecule has 0 aromatic heterocycles. The van der Waals surface area contributed by atoms with Crippen LogP contribution in [0.1, 0.15) is 26.7 Å². The standard InChI is InChI=1S/C12H19NO3S/c1-5-8-13(9-10-6-7-10)11(14)12(2,3)17(4,15)16/h1,10H,6-9H2,2-4H3. The van der Waals surface area contributed by atoms with Gasteiger partial charge in [-0.1, -0.05) is 5.92 Å². The van der Waals surface area contributed by atoms with Crippen LogP contribution in [0.25, 0.3) is 0 Å². The van der Waals surface area contributed by atoms with Crippen LogP contribution in [-0.2, 0) is 14.6 Å². The average Bonchev–Trinajstić information content (AvgIpc) is 2.98. The third-order valence-corrected chi connectivity index (χ3v) is 5.22. The molecule has 0 bridgehead atoms. The Balaban J connectivity index is 2.86. The Morgan fingerprint density at radius 3 is 2.35 bits per heavy atom. The lowest BCUT2D eigenvalue weighted by Gasteiger charge is -2.29. The van der Waals surface area contributed by atoms with Gasteiger partial charge in [0, 0.05) is 12.8 Å². The lowest BCUT2D eigenvalue weighted by atomic mass is 10.1. The fourth-order valence-corrected chi connectivity index (χ4v) is 1.93. The minimum Gasteiger partial charge on any atom is -0.330 e. The predicted octanol–water partition coefficient (Wildman–Crippen LogP) is 0.681. The van der Waals surface area contributed by atoms with Gasteiger partial charge in [0.25, 0.3) is 0 Å². The van der Waals surface area contributed by atoms with Gasteiger partial charge in [-0.05, 0) is 32.6 Å². The van der Waals surface area contributed by atoms with Crippen molar-refractivity contribution in [2.24, 2.45) is 5.92 Å². The molecule has 1 aliphatic rings. The molecule has 0 heterocycles. The summed E-state index contributed by atoms with van der Waals surface area (Å²) in [5.41, 5.74) is 0. The van der Waals surface area contributed by atoms with E-state index in [1.165, 1.54) is 18.7 Å². The van der Waals surface area contributed by atoms with E-state index in [0.29, 0.717) is 12.5 Å². The lowest BCUT2D eigenvalue weighted by Crippen LogP contribution is -2.50. The summed E-state index contributed by atoms with van der Waals surface area (Å²) < 4.78 is 21.8. The van der Waals surface area contributed by atoms with E-state index in [2.05, 4.69) is 5.92 Å². The summed E-state index contributed by atoms with van der Waals surface area (Å²) in [5.74, 6) is 2.51. The van der Waals surface area contributed by atoms with E-state index in [4.69, 9.17) is 6.42 Å². The third kappa shape index (κ3) is 3.22. The van der Waals surface area contributed by atoms with Crippen molar-refractivity contribution in [1.29, 1.82) is 0 Å². The van der Waals surface area contributed by atoms with Crippen molar-refractivity contribution in [3.05, 3.63) is 0 Å². The number of sulfone groups is 1. The van der Waals surface area contributed by atoms with E-state index in [9.17, 15) is 13.2 Å². The molecular formula is C12H19NO3S. The number of hydrogen-bond donors (Lipinski definition) is 0. The van der Waals surface area contributed by atoms with E-state index in [1.807, 2.05) is 0 Å². The fourth-order valence-electron chi connectivity index (χ4n) is 1.48. The average molecular weight is 257 g/mol. The Kier molecular flexibility index (Phi) is 3.88. The quantitative estimate of drug-likeness (QED) is 0.681. The Morgan fingerprint density at radius 2 is 2.00 bits per heavy atom. The van der Waals surface area contributed by atoms with Crippen molar-refractivity contribution < 1.29 is 13.2 Å². The summed E-state index contributed by atoms with van der Waals surface area (Å²) in [4.78, 5) is 13.7. The molecule has 0 unspecified atom stereocenters. The SMILES string of the molecule is C#CCN(CC1CC1)C(=O)C(C)(C)S(C)(=O)=O. The second-order valence-corrected chi connectivity index (χ2v) is 7.68. The maximum absolute atomic E-state index is 12.2. The molecule has 0 radical (unpaired) electrons. The van der Waals surface area contributed by atoms with E-state index in [0.717, 1.165) is 19.1 Å². The van der Waals surface area contributed by atoms with Crippen molar-refractivity contribution in [3.8, 4) is 12.3 Å². The lowest BCUT2D eigenvalue weighted by molar-refractivity contribution is -0.132. The molecule has 4 nitrogen and oxygen atoms in total. The van der Waals surface area contributed by atoms with Crippen LogP contribution in [0.2, 0.25) is 0 Å². The van der Waals surface area contributed by atoms with Crippen LogP contribution in [0.15, 0.2) is 0 Å². The first kappa shape index (κ1) is 14.0. The van der Waals surface area contributed by atoms with Crippen molar-refractivity contribution >= 4 is 15.7 Å². The Labute approximate surface area is 103 Å². The molecule has 0 saturated heterocycles. The number of carbonyl (C=O) groups excluding carboxylic acids is 1. The first-order chi connectivity index (χ1) is 7.70. The molecule has 17 heavy (non-hydrogen) atoms. The highest BCUT2D eigenvalue weighted by Crippen LogP contribution is 2.31. The summed E-state index contributed by atoms with van der Waals surface area (Å²) in [7, 11) is -3.44. The van der Waals surface area contributed by atoms with E-state index in [1.54, 1.807) is 0 Å². The third-order valence-electron chi connectivity index (χ3n) is 3.19. The number of nitrogens with zero attached hydrogens (tertiary/aromatic N) is 1. The molecule has 1 fully saturated rings. The maximum Gasteiger partial charge on any atom is 0.244 e. The fraction of sp³-hybridized carbons (Fsp3) is 0.750. The molecule has 0 spiro atoms. The molecule has 1 aliphatic carbocycles. The van der Waals surface area contributed by atoms with Gasteiger partial charge in [-0.25, -0.2) is 8.42 Å². The molecule has 0 N–H and O–H groups in total. The molecule has 0 aliphatic heterocycles. The zero-order valence-corrected chi connectivity index (χ0v) is 11.4. The highest BCUT2D eigenvalue weighted by Gasteiger charge is 2.42. The van der Waals surface area contributed by atoms with Gasteiger partial charge in [-0.2, -0.15) is 0 Å². The normalized spacial score (nSPS) is 16.4. The van der Waals surface area contributed by atoms with E-state index < -0.39 is 20.5 Å². The molecule has 1 saturated carbocycles. The van der Waals surface area contributed by atoms with Gasteiger partial charge in [0.05, 0.1) is 6.54 Å². The van der Waals surface area contributed by atoms with Crippen molar-refractivity contribution in [2.75, 3.05) is 19.3 Å². The van der Waals surface area contributed by atoms with Gasteiger partial charge in [0.2, 0.25) is 5.91 Å². The second-order valence-electron chi connectivity index (χ2n) is 5.12. The zero-order valence-electron chi connectivity index (χ0n) is 10.6. The Morgan fingerprint density at radius 1 is 1.47 bits per heavy atom. The zero-order chi connectivity index (χ0) is 13.3. The molecule has 1 rings (SSSR count). The van der Waals surface area contributed by atoms with Gasteiger partial charge in [-0.3, -0.25) is 4.79 Å². The van der Waals surface area contributed by atoms with Gasteiger partial charge in [0.15, 0.2) is 9.84 Å². The topological polar surface area (TPSA) is 54.5 Å². The summed E-state index contributed by atoms with van der Waals surface area (Å²) in [6, 6.07) is 0. The number of terminal acetylenes is 1. The summed E-state index contributed by atoms with van der Waals surface area (Å²) >= 11 is 0. The van der Waals surface area contributed by atoms with Crippen LogP contribution >= 0.6 is 0 Å². The van der Waals surface area contributed by atoms with Gasteiger partial charge in [0.1, 0.15) is 4.75 Å². The van der Waals surface area contributed by atoms with Crippen LogP contribution in [0.4, 0.5) is 0 Å². The van der Waals surface area contributed by atoms with Crippen molar-refractivity contribution in [2.45, 2.75) is 31.4 Å². The number of rotatable bonds is 5. The van der Waals surface area contributed by atoms with Gasteiger partial charge >= 0.3 is 0 Å². The predicted molar refractivity (Wildman–Crippen MR) is 67.1 cm³/mol. The monoisotopic (exact) mass is 257 g/mol. The molecule has 0 aromatic rings. The van der Waals surface area contributed by atoms with Crippen LogP contribution in [0.3, 0.4) is 0 Å². The first-order valence-corrected chi connectivity index (χ1v) is 7.51. The number of amides is 1. The second kappa shape index (κ2) is 4.69. The summed E-state index contributed by atoms with van der Waals surface area (Å²) in [5, 5.41) is 0. The highest BCUT2D eigenvalue weighted by molar-refractivity contribution is 7.92. The molecule has 1 amide bonds. The minimum absolute atomic E-state index is 0.175. The largest absolute Gasteiger partial charge is 0.330 e. The Bertz CT molecular complexity index is 441. The molecule has 0 aromatic carbocycles. The van der Waals surface area contributed by atoms with Crippen LogP contribution < -0.4 is 0 Å². The van der Waals surface area contributed by atoms with Gasteiger partial charge < -0.3 is 4.90 Å². The number of hydrogen-bond acceptors (Lipinski definition) is 3. The molecular weight excluding hydrogens is 238 g/mol. The molecule has 5 heteroatoms. The Hall–Kier alpha value is -1.02. The van der Waals surface area contributed by atoms with Gasteiger partial charge in [-0.15, -0.1) is 6.42 Å². The van der Waals surface area contributed by atoms with Crippen LogP contribution in [-0.4, -0.2) is 43.3 Å². The smallest absolute Gasteiger partial charge is 0.244 e. The molecule has 96 valence electrons. The summed E-state index contributed by atoms with van der Waals surface area (Å²) in [6.07, 6.45) is 8.48. The van der Waals surface area contributed by atoms with Crippen molar-refractivity contribution in [1.82, 2.24) is 4.90 Å². The first-order valence-electron chi connectivity index (χ1n) is 5.62. The van der Waals surface area contributed by atoms with Crippen LogP contribution in [0, 0.1) is 18.3 Å². The van der Waals surface area contributed by atoms with Crippen LogP contribution in [0.5, 0.6) is 0 Å². The van der Waals surface area contributed by atoms with Crippen molar-refractivity contribution in [3.63, 3.8) is 0 Å².